The van der Waals surface area contributed by atoms with Gasteiger partial charge in [-0.15, -0.1) is 0 Å². The van der Waals surface area contributed by atoms with Crippen LogP contribution in [0, 0.1) is 11.3 Å². The van der Waals surface area contributed by atoms with Gasteiger partial charge in [-0.25, -0.2) is 0 Å². The van der Waals surface area contributed by atoms with Gasteiger partial charge in [0.2, 0.25) is 0 Å². The molecule has 5 aromatic carbocycles. The molecule has 6 rings (SSSR count). The molecule has 0 fully saturated rings. The average Bonchev–Trinajstić information content (AvgIpc) is 3.19. The Morgan fingerprint density at radius 2 is 1.19 bits per heavy atom. The largest absolute Gasteiger partial charge is 0.457 e. The quantitative estimate of drug-likeness (QED) is 0.301. The van der Waals surface area contributed by atoms with Gasteiger partial charge in [0.15, 0.2) is 0 Å². The van der Waals surface area contributed by atoms with Crippen molar-refractivity contribution in [1.82, 2.24) is 4.57 Å². The van der Waals surface area contributed by atoms with Crippen LogP contribution in [0.2, 0.25) is 0 Å². The fourth-order valence-corrected chi connectivity index (χ4v) is 4.35. The van der Waals surface area contributed by atoms with E-state index in [4.69, 9.17) is 10.00 Å². The van der Waals surface area contributed by atoms with Crippen molar-refractivity contribution in [1.29, 1.82) is 5.26 Å². The highest BCUT2D eigenvalue weighted by molar-refractivity contribution is 6.09. The summed E-state index contributed by atoms with van der Waals surface area (Å²) in [6.07, 6.45) is 0. The van der Waals surface area contributed by atoms with Gasteiger partial charge in [0.25, 0.3) is 0 Å². The van der Waals surface area contributed by atoms with Crippen molar-refractivity contribution < 1.29 is 4.74 Å². The fourth-order valence-electron chi connectivity index (χ4n) is 4.35. The molecule has 1 aromatic heterocycles. The second kappa shape index (κ2) is 7.30. The van der Waals surface area contributed by atoms with E-state index in [-0.39, 0.29) is 0 Å². The summed E-state index contributed by atoms with van der Waals surface area (Å²) in [5.74, 6) is 1.48. The molecule has 150 valence electrons. The van der Waals surface area contributed by atoms with Crippen LogP contribution in [0.5, 0.6) is 11.5 Å². The summed E-state index contributed by atoms with van der Waals surface area (Å²) in [5, 5.41) is 13.7. The zero-order valence-corrected chi connectivity index (χ0v) is 17.2. The molecule has 0 spiro atoms. The van der Waals surface area contributed by atoms with Crippen molar-refractivity contribution in [3.05, 3.63) is 115 Å². The first-order chi connectivity index (χ1) is 15.8. The summed E-state index contributed by atoms with van der Waals surface area (Å²) in [6, 6.07) is 39.0. The lowest BCUT2D eigenvalue weighted by Gasteiger charge is -2.11. The smallest absolute Gasteiger partial charge is 0.128 e. The zero-order chi connectivity index (χ0) is 21.5. The zero-order valence-electron chi connectivity index (χ0n) is 17.2. The van der Waals surface area contributed by atoms with Gasteiger partial charge in [-0.3, -0.25) is 0 Å². The Labute approximate surface area is 185 Å². The van der Waals surface area contributed by atoms with E-state index in [0.29, 0.717) is 11.3 Å². The highest BCUT2D eigenvalue weighted by Crippen LogP contribution is 2.33. The molecule has 3 nitrogen and oxygen atoms in total. The van der Waals surface area contributed by atoms with Crippen molar-refractivity contribution in [2.24, 2.45) is 0 Å². The number of rotatable bonds is 3. The maximum absolute atomic E-state index is 8.95. The summed E-state index contributed by atoms with van der Waals surface area (Å²) in [4.78, 5) is 0. The Kier molecular flexibility index (Phi) is 4.16. The Morgan fingerprint density at radius 1 is 0.594 bits per heavy atom. The van der Waals surface area contributed by atoms with E-state index in [2.05, 4.69) is 83.4 Å². The van der Waals surface area contributed by atoms with Crippen LogP contribution >= 0.6 is 0 Å². The van der Waals surface area contributed by atoms with E-state index in [1.165, 1.54) is 21.8 Å². The van der Waals surface area contributed by atoms with Crippen molar-refractivity contribution in [3.63, 3.8) is 0 Å². The maximum atomic E-state index is 8.95. The predicted molar refractivity (Wildman–Crippen MR) is 130 cm³/mol. The number of hydrogen-bond acceptors (Lipinski definition) is 2. The summed E-state index contributed by atoms with van der Waals surface area (Å²) in [7, 11) is 0. The lowest BCUT2D eigenvalue weighted by Crippen LogP contribution is -1.93. The van der Waals surface area contributed by atoms with E-state index in [1.807, 2.05) is 24.3 Å². The monoisotopic (exact) mass is 410 g/mol. The third-order valence-corrected chi connectivity index (χ3v) is 5.85. The first-order valence-electron chi connectivity index (χ1n) is 10.5. The Bertz CT molecular complexity index is 1600. The Hall–Kier alpha value is -4.55. The number of nitriles is 1. The summed E-state index contributed by atoms with van der Waals surface area (Å²) < 4.78 is 8.31. The number of benzene rings is 5. The molecule has 0 amide bonds. The highest BCUT2D eigenvalue weighted by atomic mass is 16.5. The van der Waals surface area contributed by atoms with Crippen LogP contribution in [0.1, 0.15) is 5.56 Å². The molecule has 0 aliphatic heterocycles. The van der Waals surface area contributed by atoms with E-state index >= 15 is 0 Å². The molecule has 1 heterocycles. The number of ether oxygens (including phenoxy) is 1. The third kappa shape index (κ3) is 2.98. The van der Waals surface area contributed by atoms with E-state index in [1.54, 1.807) is 12.1 Å². The molecule has 32 heavy (non-hydrogen) atoms. The molecule has 0 aliphatic carbocycles. The average molecular weight is 410 g/mol. The van der Waals surface area contributed by atoms with Gasteiger partial charge in [0.1, 0.15) is 11.5 Å². The topological polar surface area (TPSA) is 37.9 Å². The minimum Gasteiger partial charge on any atom is -0.457 e. The first-order valence-corrected chi connectivity index (χ1v) is 10.5. The number of aromatic nitrogens is 1. The standard InChI is InChI=1S/C29H18N2O/c30-19-20-9-14-24(15-10-20)32-25-16-12-21-17-23(13-11-22(21)18-25)31-28-7-3-1-5-26(28)27-6-2-4-8-29(27)31/h1-18H. The van der Waals surface area contributed by atoms with E-state index in [0.717, 1.165) is 22.2 Å². The minimum absolute atomic E-state index is 0.619. The van der Waals surface area contributed by atoms with Crippen LogP contribution in [0.3, 0.4) is 0 Å². The van der Waals surface area contributed by atoms with E-state index in [9.17, 15) is 0 Å². The van der Waals surface area contributed by atoms with Gasteiger partial charge < -0.3 is 9.30 Å². The van der Waals surface area contributed by atoms with Gasteiger partial charge in [-0.1, -0.05) is 48.5 Å². The predicted octanol–water partition coefficient (Wildman–Crippen LogP) is 7.60. The van der Waals surface area contributed by atoms with Gasteiger partial charge in [0.05, 0.1) is 22.7 Å². The number of nitrogens with zero attached hydrogens (tertiary/aromatic N) is 2. The van der Waals surface area contributed by atoms with Gasteiger partial charge in [0, 0.05) is 16.5 Å². The molecule has 0 N–H and O–H groups in total. The summed E-state index contributed by atoms with van der Waals surface area (Å²) >= 11 is 0. The highest BCUT2D eigenvalue weighted by Gasteiger charge is 2.11. The van der Waals surface area contributed by atoms with Crippen molar-refractivity contribution >= 4 is 32.6 Å². The molecule has 0 atom stereocenters. The van der Waals surface area contributed by atoms with Crippen LogP contribution in [0.15, 0.2) is 109 Å². The molecular formula is C29H18N2O. The van der Waals surface area contributed by atoms with Crippen molar-refractivity contribution in [2.45, 2.75) is 0 Å². The third-order valence-electron chi connectivity index (χ3n) is 5.85. The molecule has 0 saturated carbocycles. The Balaban J connectivity index is 1.42. The van der Waals surface area contributed by atoms with Crippen molar-refractivity contribution in [3.8, 4) is 23.3 Å². The summed E-state index contributed by atoms with van der Waals surface area (Å²) in [6.45, 7) is 0. The van der Waals surface area contributed by atoms with Crippen LogP contribution in [0.25, 0.3) is 38.3 Å². The maximum Gasteiger partial charge on any atom is 0.128 e. The number of hydrogen-bond donors (Lipinski definition) is 0. The molecule has 0 saturated heterocycles. The molecule has 6 aromatic rings. The SMILES string of the molecule is N#Cc1ccc(Oc2ccc3cc(-n4c5ccccc5c5ccccc54)ccc3c2)cc1. The number of fused-ring (bicyclic) bond motifs is 4. The number of para-hydroxylation sites is 2. The molecule has 0 unspecified atom stereocenters. The van der Waals surface area contributed by atoms with Gasteiger partial charge in [-0.2, -0.15) is 5.26 Å². The fraction of sp³-hybridized carbons (Fsp3) is 0. The van der Waals surface area contributed by atoms with Gasteiger partial charge >= 0.3 is 0 Å². The van der Waals surface area contributed by atoms with Crippen LogP contribution in [-0.4, -0.2) is 4.57 Å². The van der Waals surface area contributed by atoms with Gasteiger partial charge in [-0.05, 0) is 71.4 Å². The summed E-state index contributed by atoms with van der Waals surface area (Å²) in [5.41, 5.74) is 4.16. The molecule has 3 heteroatoms. The van der Waals surface area contributed by atoms with Crippen molar-refractivity contribution in [2.75, 3.05) is 0 Å². The van der Waals surface area contributed by atoms with Crippen LogP contribution in [-0.2, 0) is 0 Å². The lowest BCUT2D eigenvalue weighted by atomic mass is 10.1. The second-order valence-corrected chi connectivity index (χ2v) is 7.80. The van der Waals surface area contributed by atoms with Crippen LogP contribution < -0.4 is 4.74 Å². The molecule has 0 aliphatic rings. The van der Waals surface area contributed by atoms with Crippen LogP contribution in [0.4, 0.5) is 0 Å². The molecule has 0 bridgehead atoms. The first kappa shape index (κ1) is 18.2. The second-order valence-electron chi connectivity index (χ2n) is 7.80. The van der Waals surface area contributed by atoms with E-state index < -0.39 is 0 Å². The minimum atomic E-state index is 0.619. The molecular weight excluding hydrogens is 392 g/mol. The normalized spacial score (nSPS) is 11.1. The molecule has 0 radical (unpaired) electrons. The Morgan fingerprint density at radius 3 is 1.88 bits per heavy atom. The lowest BCUT2D eigenvalue weighted by molar-refractivity contribution is 0.483.